The molecule has 26 heavy (non-hydrogen) atoms. The van der Waals surface area contributed by atoms with Crippen molar-refractivity contribution in [1.29, 1.82) is 0 Å². The third-order valence-electron chi connectivity index (χ3n) is 4.04. The molecule has 0 saturated heterocycles. The number of nitrogens with zero attached hydrogens (tertiary/aromatic N) is 1. The van der Waals surface area contributed by atoms with Gasteiger partial charge >= 0.3 is 0 Å². The second-order valence-corrected chi connectivity index (χ2v) is 7.27. The average Bonchev–Trinajstić information content (AvgIpc) is 2.58. The highest BCUT2D eigenvalue weighted by Gasteiger charge is 2.15. The second kappa shape index (κ2) is 8.04. The summed E-state index contributed by atoms with van der Waals surface area (Å²) in [6.07, 6.45) is 0. The Labute approximate surface area is 154 Å². The maximum absolute atomic E-state index is 12.0. The lowest BCUT2D eigenvalue weighted by Gasteiger charge is -2.20. The number of para-hydroxylation sites is 1. The van der Waals surface area contributed by atoms with E-state index in [1.165, 1.54) is 5.56 Å². The molecule has 138 valence electrons. The number of hydrazone groups is 1. The number of carbonyl (C=O) groups excluding carboxylic acids is 1. The number of rotatable bonds is 5. The zero-order valence-corrected chi connectivity index (χ0v) is 16.0. The second-order valence-electron chi connectivity index (χ2n) is 7.27. The molecule has 5 heteroatoms. The quantitative estimate of drug-likeness (QED) is 0.631. The van der Waals surface area contributed by atoms with E-state index < -0.39 is 0 Å². The minimum Gasteiger partial charge on any atom is -0.507 e. The zero-order chi connectivity index (χ0) is 19.3. The first kappa shape index (κ1) is 19.5. The van der Waals surface area contributed by atoms with Gasteiger partial charge in [0.1, 0.15) is 11.5 Å². The molecule has 0 aliphatic heterocycles. The van der Waals surface area contributed by atoms with Gasteiger partial charge in [-0.25, -0.2) is 5.43 Å². The van der Waals surface area contributed by atoms with E-state index in [4.69, 9.17) is 4.74 Å². The van der Waals surface area contributed by atoms with Crippen LogP contribution in [-0.2, 0) is 10.2 Å². The molecule has 2 aromatic carbocycles. The van der Waals surface area contributed by atoms with Gasteiger partial charge in [0.25, 0.3) is 5.91 Å². The predicted molar refractivity (Wildman–Crippen MR) is 104 cm³/mol. The van der Waals surface area contributed by atoms with Gasteiger partial charge in [-0.3, -0.25) is 4.79 Å². The molecule has 0 spiro atoms. The van der Waals surface area contributed by atoms with Crippen molar-refractivity contribution in [3.05, 3.63) is 59.2 Å². The summed E-state index contributed by atoms with van der Waals surface area (Å²) in [5.74, 6) is 0.433. The van der Waals surface area contributed by atoms with E-state index >= 15 is 0 Å². The lowest BCUT2D eigenvalue weighted by Crippen LogP contribution is -2.25. The van der Waals surface area contributed by atoms with Gasteiger partial charge in [0.15, 0.2) is 6.61 Å². The maximum Gasteiger partial charge on any atom is 0.277 e. The standard InChI is InChI=1S/C21H26N2O3/c1-14-12-16(21(3,4)5)10-11-19(14)26-13-20(25)23-22-15(2)17-8-6-7-9-18(17)24/h6-12,24H,13H2,1-5H3,(H,23,25)/b22-15+. The Morgan fingerprint density at radius 1 is 1.19 bits per heavy atom. The number of phenols is 1. The number of amides is 1. The van der Waals surface area contributed by atoms with Crippen LogP contribution in [0, 0.1) is 6.92 Å². The van der Waals surface area contributed by atoms with Crippen LogP contribution in [0.3, 0.4) is 0 Å². The van der Waals surface area contributed by atoms with Crippen LogP contribution < -0.4 is 10.2 Å². The van der Waals surface area contributed by atoms with Gasteiger partial charge in [0.2, 0.25) is 0 Å². The Morgan fingerprint density at radius 3 is 2.50 bits per heavy atom. The Balaban J connectivity index is 1.95. The van der Waals surface area contributed by atoms with E-state index in [0.717, 1.165) is 5.56 Å². The van der Waals surface area contributed by atoms with Gasteiger partial charge in [0.05, 0.1) is 5.71 Å². The highest BCUT2D eigenvalue weighted by atomic mass is 16.5. The minimum absolute atomic E-state index is 0.0654. The molecule has 0 bridgehead atoms. The van der Waals surface area contributed by atoms with E-state index in [0.29, 0.717) is 17.0 Å². The van der Waals surface area contributed by atoms with Crippen molar-refractivity contribution in [3.63, 3.8) is 0 Å². The summed E-state index contributed by atoms with van der Waals surface area (Å²) in [5, 5.41) is 13.8. The summed E-state index contributed by atoms with van der Waals surface area (Å²) in [5.41, 5.74) is 5.80. The monoisotopic (exact) mass is 354 g/mol. The minimum atomic E-state index is -0.362. The SMILES string of the molecule is C/C(=N\NC(=O)COc1ccc(C(C)(C)C)cc1C)c1ccccc1O. The molecule has 0 fully saturated rings. The van der Waals surface area contributed by atoms with Crippen LogP contribution in [0.25, 0.3) is 0 Å². The summed E-state index contributed by atoms with van der Waals surface area (Å²) in [7, 11) is 0. The average molecular weight is 354 g/mol. The van der Waals surface area contributed by atoms with Crippen LogP contribution in [0.1, 0.15) is 44.4 Å². The number of nitrogens with one attached hydrogen (secondary N) is 1. The third kappa shape index (κ3) is 5.09. The number of carbonyl (C=O) groups is 1. The molecule has 2 rings (SSSR count). The number of hydrogen-bond acceptors (Lipinski definition) is 4. The van der Waals surface area contributed by atoms with Crippen molar-refractivity contribution in [1.82, 2.24) is 5.43 Å². The molecule has 0 saturated carbocycles. The van der Waals surface area contributed by atoms with Crippen molar-refractivity contribution in [2.75, 3.05) is 6.61 Å². The molecule has 5 nitrogen and oxygen atoms in total. The molecule has 0 aromatic heterocycles. The van der Waals surface area contributed by atoms with Crippen LogP contribution in [0.2, 0.25) is 0 Å². The van der Waals surface area contributed by atoms with Gasteiger partial charge in [0, 0.05) is 5.56 Å². The Bertz CT molecular complexity index is 820. The number of hydrogen-bond donors (Lipinski definition) is 2. The third-order valence-corrected chi connectivity index (χ3v) is 4.04. The summed E-state index contributed by atoms with van der Waals surface area (Å²) in [6.45, 7) is 10.0. The van der Waals surface area contributed by atoms with Crippen molar-refractivity contribution in [2.45, 2.75) is 40.0 Å². The largest absolute Gasteiger partial charge is 0.507 e. The Hall–Kier alpha value is -2.82. The lowest BCUT2D eigenvalue weighted by molar-refractivity contribution is -0.123. The molecule has 0 radical (unpaired) electrons. The number of ether oxygens (including phenoxy) is 1. The normalized spacial score (nSPS) is 12.0. The fourth-order valence-corrected chi connectivity index (χ4v) is 2.44. The van der Waals surface area contributed by atoms with Crippen LogP contribution >= 0.6 is 0 Å². The smallest absolute Gasteiger partial charge is 0.277 e. The number of benzene rings is 2. The van der Waals surface area contributed by atoms with E-state index in [-0.39, 0.29) is 23.7 Å². The number of aryl methyl sites for hydroxylation is 1. The Morgan fingerprint density at radius 2 is 1.88 bits per heavy atom. The molecule has 1 amide bonds. The van der Waals surface area contributed by atoms with Crippen molar-refractivity contribution < 1.29 is 14.6 Å². The summed E-state index contributed by atoms with van der Waals surface area (Å²) < 4.78 is 5.60. The van der Waals surface area contributed by atoms with Gasteiger partial charge in [-0.1, -0.05) is 45.0 Å². The maximum atomic E-state index is 12.0. The van der Waals surface area contributed by atoms with E-state index in [1.54, 1.807) is 31.2 Å². The van der Waals surface area contributed by atoms with Gasteiger partial charge < -0.3 is 9.84 Å². The highest BCUT2D eigenvalue weighted by molar-refractivity contribution is 6.01. The lowest BCUT2D eigenvalue weighted by atomic mass is 9.86. The van der Waals surface area contributed by atoms with Crippen LogP contribution in [0.4, 0.5) is 0 Å². The molecule has 2 N–H and O–H groups in total. The number of aromatic hydroxyl groups is 1. The van der Waals surface area contributed by atoms with Crippen LogP contribution in [0.5, 0.6) is 11.5 Å². The van der Waals surface area contributed by atoms with Gasteiger partial charge in [-0.05, 0) is 48.6 Å². The molecule has 0 heterocycles. The summed E-state index contributed by atoms with van der Waals surface area (Å²) >= 11 is 0. The van der Waals surface area contributed by atoms with E-state index in [2.05, 4.69) is 37.4 Å². The first-order valence-electron chi connectivity index (χ1n) is 8.54. The molecular weight excluding hydrogens is 328 g/mol. The van der Waals surface area contributed by atoms with Crippen molar-refractivity contribution in [2.24, 2.45) is 5.10 Å². The molecular formula is C21H26N2O3. The van der Waals surface area contributed by atoms with Gasteiger partial charge in [-0.15, -0.1) is 0 Å². The molecule has 0 aliphatic carbocycles. The highest BCUT2D eigenvalue weighted by Crippen LogP contribution is 2.27. The summed E-state index contributed by atoms with van der Waals surface area (Å²) in [6, 6.07) is 12.8. The molecule has 0 aliphatic rings. The van der Waals surface area contributed by atoms with Crippen molar-refractivity contribution >= 4 is 11.6 Å². The zero-order valence-electron chi connectivity index (χ0n) is 16.0. The fraction of sp³-hybridized carbons (Fsp3) is 0.333. The molecule has 0 atom stereocenters. The Kier molecular flexibility index (Phi) is 6.03. The molecule has 2 aromatic rings. The van der Waals surface area contributed by atoms with Gasteiger partial charge in [-0.2, -0.15) is 5.10 Å². The topological polar surface area (TPSA) is 70.9 Å². The summed E-state index contributed by atoms with van der Waals surface area (Å²) in [4.78, 5) is 12.0. The first-order chi connectivity index (χ1) is 12.2. The van der Waals surface area contributed by atoms with E-state index in [9.17, 15) is 9.90 Å². The van der Waals surface area contributed by atoms with Crippen LogP contribution in [0.15, 0.2) is 47.6 Å². The van der Waals surface area contributed by atoms with E-state index in [1.807, 2.05) is 19.1 Å². The molecule has 0 unspecified atom stereocenters. The number of phenolic OH excluding ortho intramolecular Hbond substituents is 1. The first-order valence-corrected chi connectivity index (χ1v) is 8.54. The fourth-order valence-electron chi connectivity index (χ4n) is 2.44. The predicted octanol–water partition coefficient (Wildman–Crippen LogP) is 3.92. The van der Waals surface area contributed by atoms with Crippen molar-refractivity contribution in [3.8, 4) is 11.5 Å². The van der Waals surface area contributed by atoms with Crippen LogP contribution in [-0.4, -0.2) is 23.3 Å².